The van der Waals surface area contributed by atoms with Gasteiger partial charge in [-0.2, -0.15) is 0 Å². The fourth-order valence-corrected chi connectivity index (χ4v) is 4.05. The van der Waals surface area contributed by atoms with Crippen LogP contribution in [0.5, 0.6) is 0 Å². The zero-order valence-corrected chi connectivity index (χ0v) is 15.1. The molecule has 1 saturated heterocycles. The van der Waals surface area contributed by atoms with E-state index in [2.05, 4.69) is 9.97 Å². The minimum Gasteiger partial charge on any atom is -0.461 e. The van der Waals surface area contributed by atoms with Crippen LogP contribution in [-0.4, -0.2) is 71.7 Å². The predicted octanol–water partition coefficient (Wildman–Crippen LogP) is 0.421. The summed E-state index contributed by atoms with van der Waals surface area (Å²) in [5.74, 6) is 0.781. The van der Waals surface area contributed by atoms with Gasteiger partial charge in [0.25, 0.3) is 0 Å². The zero-order valence-electron chi connectivity index (χ0n) is 14.2. The number of likely N-dealkylation sites (tertiary alicyclic amines) is 1. The third kappa shape index (κ3) is 4.24. The molecule has 136 valence electrons. The summed E-state index contributed by atoms with van der Waals surface area (Å²) in [6, 6.07) is 3.57. The van der Waals surface area contributed by atoms with Gasteiger partial charge in [0, 0.05) is 57.6 Å². The van der Waals surface area contributed by atoms with E-state index in [9.17, 15) is 13.5 Å². The standard InChI is InChI=1S/C16H22N4O4S/c1-19(2)25(22,23)11-13-9-20(10-14(13)21)8-12-6-17-16(18-7-12)15-4-3-5-24-15/h3-7,13-14,21H,8-11H2,1-2H3/t13-,14-/m0/s1. The molecule has 1 aliphatic heterocycles. The van der Waals surface area contributed by atoms with Crippen molar-refractivity contribution >= 4 is 10.0 Å². The second-order valence-corrected chi connectivity index (χ2v) is 8.70. The van der Waals surface area contributed by atoms with Crippen molar-refractivity contribution in [2.24, 2.45) is 5.92 Å². The molecule has 1 aliphatic rings. The number of nitrogens with zero attached hydrogens (tertiary/aromatic N) is 4. The lowest BCUT2D eigenvalue weighted by Gasteiger charge is -2.18. The van der Waals surface area contributed by atoms with E-state index in [0.29, 0.717) is 31.2 Å². The number of hydrogen-bond acceptors (Lipinski definition) is 7. The highest BCUT2D eigenvalue weighted by molar-refractivity contribution is 7.89. The molecule has 0 aromatic carbocycles. The molecule has 0 saturated carbocycles. The molecule has 2 aromatic heterocycles. The van der Waals surface area contributed by atoms with E-state index in [1.807, 2.05) is 4.90 Å². The minimum atomic E-state index is -3.33. The van der Waals surface area contributed by atoms with Crippen molar-refractivity contribution in [2.45, 2.75) is 12.6 Å². The summed E-state index contributed by atoms with van der Waals surface area (Å²) in [5, 5.41) is 10.2. The fraction of sp³-hybridized carbons (Fsp3) is 0.500. The number of hydrogen-bond donors (Lipinski definition) is 1. The van der Waals surface area contributed by atoms with Crippen LogP contribution in [0.25, 0.3) is 11.6 Å². The van der Waals surface area contributed by atoms with E-state index in [0.717, 1.165) is 5.56 Å². The largest absolute Gasteiger partial charge is 0.461 e. The molecule has 0 unspecified atom stereocenters. The first-order chi connectivity index (χ1) is 11.8. The molecule has 0 spiro atoms. The fourth-order valence-electron chi connectivity index (χ4n) is 2.88. The maximum absolute atomic E-state index is 12.0. The van der Waals surface area contributed by atoms with Crippen molar-refractivity contribution in [1.82, 2.24) is 19.2 Å². The summed E-state index contributed by atoms with van der Waals surface area (Å²) < 4.78 is 30.5. The number of β-amino-alcohol motifs (C(OH)–C–C–N with tert-alkyl or cyclic N) is 1. The Morgan fingerprint density at radius 2 is 2.04 bits per heavy atom. The molecule has 2 atom stereocenters. The van der Waals surface area contributed by atoms with Gasteiger partial charge in [0.1, 0.15) is 0 Å². The highest BCUT2D eigenvalue weighted by Gasteiger charge is 2.35. The average Bonchev–Trinajstić information content (AvgIpc) is 3.19. The van der Waals surface area contributed by atoms with Gasteiger partial charge in [-0.25, -0.2) is 22.7 Å². The molecule has 0 aliphatic carbocycles. The van der Waals surface area contributed by atoms with Crippen LogP contribution in [0, 0.1) is 5.92 Å². The predicted molar refractivity (Wildman–Crippen MR) is 92.0 cm³/mol. The Morgan fingerprint density at radius 3 is 2.64 bits per heavy atom. The van der Waals surface area contributed by atoms with Crippen LogP contribution in [0.15, 0.2) is 35.2 Å². The first kappa shape index (κ1) is 18.0. The van der Waals surface area contributed by atoms with Gasteiger partial charge < -0.3 is 9.52 Å². The van der Waals surface area contributed by atoms with Crippen molar-refractivity contribution in [3.8, 4) is 11.6 Å². The topological polar surface area (TPSA) is 99.8 Å². The van der Waals surface area contributed by atoms with Gasteiger partial charge in [-0.05, 0) is 12.1 Å². The summed E-state index contributed by atoms with van der Waals surface area (Å²) in [7, 11) is -0.317. The summed E-state index contributed by atoms with van der Waals surface area (Å²) >= 11 is 0. The summed E-state index contributed by atoms with van der Waals surface area (Å²) in [6.45, 7) is 1.52. The third-order valence-electron chi connectivity index (χ3n) is 4.32. The van der Waals surface area contributed by atoms with Gasteiger partial charge in [-0.15, -0.1) is 0 Å². The summed E-state index contributed by atoms with van der Waals surface area (Å²) in [4.78, 5) is 10.6. The van der Waals surface area contributed by atoms with E-state index in [1.54, 1.807) is 30.8 Å². The van der Waals surface area contributed by atoms with Crippen LogP contribution in [-0.2, 0) is 16.6 Å². The molecule has 1 fully saturated rings. The van der Waals surface area contributed by atoms with Crippen molar-refractivity contribution < 1.29 is 17.9 Å². The van der Waals surface area contributed by atoms with Gasteiger partial charge in [0.15, 0.2) is 11.6 Å². The lowest BCUT2D eigenvalue weighted by molar-refractivity contribution is 0.148. The van der Waals surface area contributed by atoms with Crippen LogP contribution in [0.1, 0.15) is 5.56 Å². The quantitative estimate of drug-likeness (QED) is 0.791. The van der Waals surface area contributed by atoms with Crippen molar-refractivity contribution in [3.05, 3.63) is 36.4 Å². The van der Waals surface area contributed by atoms with Gasteiger partial charge in [0.2, 0.25) is 10.0 Å². The third-order valence-corrected chi connectivity index (χ3v) is 6.28. The zero-order chi connectivity index (χ0) is 18.0. The molecular formula is C16H22N4O4S. The van der Waals surface area contributed by atoms with Crippen LogP contribution >= 0.6 is 0 Å². The average molecular weight is 366 g/mol. The van der Waals surface area contributed by atoms with E-state index in [-0.39, 0.29) is 11.7 Å². The van der Waals surface area contributed by atoms with E-state index in [4.69, 9.17) is 4.42 Å². The van der Waals surface area contributed by atoms with Gasteiger partial charge >= 0.3 is 0 Å². The van der Waals surface area contributed by atoms with Crippen LogP contribution in [0.4, 0.5) is 0 Å². The number of furan rings is 1. The van der Waals surface area contributed by atoms with Crippen molar-refractivity contribution in [1.29, 1.82) is 0 Å². The van der Waals surface area contributed by atoms with Crippen molar-refractivity contribution in [2.75, 3.05) is 32.9 Å². The van der Waals surface area contributed by atoms with E-state index >= 15 is 0 Å². The van der Waals surface area contributed by atoms with Crippen LogP contribution < -0.4 is 0 Å². The van der Waals surface area contributed by atoms with Gasteiger partial charge in [-0.1, -0.05) is 0 Å². The molecule has 9 heteroatoms. The Labute approximate surface area is 147 Å². The molecule has 0 bridgehead atoms. The van der Waals surface area contributed by atoms with Crippen LogP contribution in [0.3, 0.4) is 0 Å². The number of aliphatic hydroxyl groups is 1. The van der Waals surface area contributed by atoms with Crippen LogP contribution in [0.2, 0.25) is 0 Å². The summed E-state index contributed by atoms with van der Waals surface area (Å²) in [5.41, 5.74) is 0.902. The molecule has 0 amide bonds. The Morgan fingerprint density at radius 1 is 1.32 bits per heavy atom. The molecule has 3 heterocycles. The number of rotatable bonds is 6. The Hall–Kier alpha value is -1.81. The monoisotopic (exact) mass is 366 g/mol. The Kier molecular flexibility index (Phi) is 5.19. The first-order valence-corrected chi connectivity index (χ1v) is 9.61. The van der Waals surface area contributed by atoms with E-state index < -0.39 is 16.1 Å². The second kappa shape index (κ2) is 7.20. The lowest BCUT2D eigenvalue weighted by Crippen LogP contribution is -2.33. The Bertz CT molecular complexity index is 790. The molecule has 0 radical (unpaired) electrons. The molecule has 8 nitrogen and oxygen atoms in total. The lowest BCUT2D eigenvalue weighted by atomic mass is 10.1. The van der Waals surface area contributed by atoms with Gasteiger partial charge in [-0.3, -0.25) is 4.90 Å². The Balaban J connectivity index is 1.61. The van der Waals surface area contributed by atoms with Crippen molar-refractivity contribution in [3.63, 3.8) is 0 Å². The number of sulfonamides is 1. The van der Waals surface area contributed by atoms with Gasteiger partial charge in [0.05, 0.1) is 18.1 Å². The maximum Gasteiger partial charge on any atom is 0.214 e. The minimum absolute atomic E-state index is 0.0500. The first-order valence-electron chi connectivity index (χ1n) is 8.00. The SMILES string of the molecule is CN(C)S(=O)(=O)C[C@@H]1CN(Cc2cnc(-c3ccco3)nc2)C[C@@H]1O. The highest BCUT2D eigenvalue weighted by Crippen LogP contribution is 2.22. The highest BCUT2D eigenvalue weighted by atomic mass is 32.2. The second-order valence-electron chi connectivity index (χ2n) is 6.47. The molecule has 2 aromatic rings. The number of aromatic nitrogens is 2. The molecular weight excluding hydrogens is 344 g/mol. The van der Waals surface area contributed by atoms with E-state index in [1.165, 1.54) is 18.4 Å². The summed E-state index contributed by atoms with van der Waals surface area (Å²) in [6.07, 6.45) is 4.36. The smallest absolute Gasteiger partial charge is 0.214 e. The molecule has 1 N–H and O–H groups in total. The number of aliphatic hydroxyl groups excluding tert-OH is 1. The molecule has 25 heavy (non-hydrogen) atoms. The normalized spacial score (nSPS) is 21.9. The maximum atomic E-state index is 12.0. The molecule has 3 rings (SSSR count).